The molecule has 120 valence electrons. The summed E-state index contributed by atoms with van der Waals surface area (Å²) in [5.41, 5.74) is 0.268. The van der Waals surface area contributed by atoms with Gasteiger partial charge in [-0.15, -0.1) is 0 Å². The van der Waals surface area contributed by atoms with Gasteiger partial charge in [0.1, 0.15) is 5.75 Å². The molecule has 1 aliphatic carbocycles. The molecular weight excluding hydrogens is 298 g/mol. The first-order valence-corrected chi connectivity index (χ1v) is 8.48. The number of rotatable bonds is 3. The van der Waals surface area contributed by atoms with Crippen molar-refractivity contribution in [1.29, 1.82) is 0 Å². The lowest BCUT2D eigenvalue weighted by atomic mass is 9.79. The van der Waals surface area contributed by atoms with E-state index in [9.17, 15) is 0 Å². The molecule has 2 fully saturated rings. The first-order chi connectivity index (χ1) is 10.3. The summed E-state index contributed by atoms with van der Waals surface area (Å²) < 4.78 is 18.3. The van der Waals surface area contributed by atoms with Gasteiger partial charge in [0.15, 0.2) is 0 Å². The predicted molar refractivity (Wildman–Crippen MR) is 90.1 cm³/mol. The smallest absolute Gasteiger partial charge is 0.489 e. The largest absolute Gasteiger partial charge is 0.494 e. The fourth-order valence-electron chi connectivity index (χ4n) is 2.92. The highest BCUT2D eigenvalue weighted by Crippen LogP contribution is 2.37. The molecule has 0 atom stereocenters. The SMILES string of the molecule is CC1(C)OB(c2ccc(Cl)c(OC3CCCC3)c2)OC1(C)C. The van der Waals surface area contributed by atoms with Crippen LogP contribution in [0.1, 0.15) is 53.4 Å². The Morgan fingerprint density at radius 3 is 2.27 bits per heavy atom. The van der Waals surface area contributed by atoms with Gasteiger partial charge in [-0.25, -0.2) is 0 Å². The number of ether oxygens (including phenoxy) is 1. The zero-order chi connectivity index (χ0) is 16.0. The third-order valence-corrected chi connectivity index (χ3v) is 5.39. The second kappa shape index (κ2) is 5.74. The molecule has 0 N–H and O–H groups in total. The lowest BCUT2D eigenvalue weighted by Crippen LogP contribution is -2.41. The first-order valence-electron chi connectivity index (χ1n) is 8.10. The molecule has 0 amide bonds. The van der Waals surface area contributed by atoms with E-state index >= 15 is 0 Å². The van der Waals surface area contributed by atoms with E-state index in [1.807, 2.05) is 18.2 Å². The van der Waals surface area contributed by atoms with Crippen molar-refractivity contribution in [2.45, 2.75) is 70.7 Å². The van der Waals surface area contributed by atoms with Crippen LogP contribution in [0, 0.1) is 0 Å². The van der Waals surface area contributed by atoms with E-state index in [0.29, 0.717) is 5.02 Å². The van der Waals surface area contributed by atoms with Crippen LogP contribution in [-0.4, -0.2) is 24.4 Å². The van der Waals surface area contributed by atoms with Crippen LogP contribution < -0.4 is 10.2 Å². The number of halogens is 1. The van der Waals surface area contributed by atoms with Crippen LogP contribution in [-0.2, 0) is 9.31 Å². The molecule has 2 aliphatic rings. The molecule has 5 heteroatoms. The standard InChI is InChI=1S/C17H24BClO3/c1-16(2)17(3,4)22-18(21-16)12-9-10-14(19)15(11-12)20-13-7-5-6-8-13/h9-11,13H,5-8H2,1-4H3. The molecule has 1 heterocycles. The van der Waals surface area contributed by atoms with Crippen molar-refractivity contribution in [3.8, 4) is 5.75 Å². The highest BCUT2D eigenvalue weighted by Gasteiger charge is 2.51. The Morgan fingerprint density at radius 1 is 1.09 bits per heavy atom. The second-order valence-corrected chi connectivity index (χ2v) is 7.71. The van der Waals surface area contributed by atoms with Crippen molar-refractivity contribution in [3.63, 3.8) is 0 Å². The Bertz CT molecular complexity index is 537. The molecule has 0 aromatic heterocycles. The molecule has 22 heavy (non-hydrogen) atoms. The number of hydrogen-bond donors (Lipinski definition) is 0. The Labute approximate surface area is 138 Å². The van der Waals surface area contributed by atoms with Crippen LogP contribution in [0.5, 0.6) is 5.75 Å². The lowest BCUT2D eigenvalue weighted by molar-refractivity contribution is 0.00578. The minimum atomic E-state index is -0.381. The fourth-order valence-corrected chi connectivity index (χ4v) is 3.08. The average molecular weight is 323 g/mol. The van der Waals surface area contributed by atoms with Gasteiger partial charge in [-0.2, -0.15) is 0 Å². The summed E-state index contributed by atoms with van der Waals surface area (Å²) in [6, 6.07) is 5.78. The summed E-state index contributed by atoms with van der Waals surface area (Å²) in [6.45, 7) is 8.22. The Balaban J connectivity index is 1.80. The maximum Gasteiger partial charge on any atom is 0.494 e. The van der Waals surface area contributed by atoms with Gasteiger partial charge >= 0.3 is 7.12 Å². The van der Waals surface area contributed by atoms with Crippen LogP contribution in [0.3, 0.4) is 0 Å². The third-order valence-electron chi connectivity index (χ3n) is 5.08. The Kier molecular flexibility index (Phi) is 4.21. The molecule has 1 aliphatic heterocycles. The third kappa shape index (κ3) is 3.01. The minimum absolute atomic E-state index is 0.283. The molecule has 1 saturated carbocycles. The fraction of sp³-hybridized carbons (Fsp3) is 0.647. The van der Waals surface area contributed by atoms with Gasteiger partial charge in [0.05, 0.1) is 22.3 Å². The van der Waals surface area contributed by atoms with Crippen molar-refractivity contribution < 1.29 is 14.0 Å². The summed E-state index contributed by atoms with van der Waals surface area (Å²) in [5, 5.41) is 0.646. The summed E-state index contributed by atoms with van der Waals surface area (Å²) in [6.07, 6.45) is 4.97. The average Bonchev–Trinajstić information content (AvgIpc) is 2.99. The molecule has 0 unspecified atom stereocenters. The van der Waals surface area contributed by atoms with E-state index in [-0.39, 0.29) is 24.4 Å². The molecular formula is C17H24BClO3. The minimum Gasteiger partial charge on any atom is -0.489 e. The van der Waals surface area contributed by atoms with Gasteiger partial charge in [0.2, 0.25) is 0 Å². The van der Waals surface area contributed by atoms with Crippen LogP contribution >= 0.6 is 11.6 Å². The topological polar surface area (TPSA) is 27.7 Å². The van der Waals surface area contributed by atoms with Crippen LogP contribution in [0.25, 0.3) is 0 Å². The van der Waals surface area contributed by atoms with Gasteiger partial charge < -0.3 is 14.0 Å². The Morgan fingerprint density at radius 2 is 1.68 bits per heavy atom. The van der Waals surface area contributed by atoms with E-state index in [4.69, 9.17) is 25.6 Å². The zero-order valence-corrected chi connectivity index (χ0v) is 14.6. The van der Waals surface area contributed by atoms with Crippen LogP contribution in [0.4, 0.5) is 0 Å². The summed E-state index contributed by atoms with van der Waals surface area (Å²) in [5.74, 6) is 0.737. The van der Waals surface area contributed by atoms with Gasteiger partial charge in [-0.3, -0.25) is 0 Å². The highest BCUT2D eigenvalue weighted by atomic mass is 35.5. The molecule has 1 aromatic carbocycles. The molecule has 0 radical (unpaired) electrons. The molecule has 3 nitrogen and oxygen atoms in total. The normalized spacial score (nSPS) is 24.0. The summed E-state index contributed by atoms with van der Waals surface area (Å²) in [4.78, 5) is 0. The molecule has 0 bridgehead atoms. The summed E-state index contributed by atoms with van der Waals surface area (Å²) >= 11 is 6.29. The van der Waals surface area contributed by atoms with Crippen molar-refractivity contribution in [1.82, 2.24) is 0 Å². The van der Waals surface area contributed by atoms with Crippen molar-refractivity contribution in [2.75, 3.05) is 0 Å². The molecule has 1 aromatic rings. The van der Waals surface area contributed by atoms with Crippen LogP contribution in [0.15, 0.2) is 18.2 Å². The number of hydrogen-bond acceptors (Lipinski definition) is 3. The summed E-state index contributed by atoms with van der Waals surface area (Å²) in [7, 11) is -0.381. The van der Waals surface area contributed by atoms with E-state index in [0.717, 1.165) is 24.1 Å². The quantitative estimate of drug-likeness (QED) is 0.788. The zero-order valence-electron chi connectivity index (χ0n) is 13.8. The second-order valence-electron chi connectivity index (χ2n) is 7.30. The molecule has 3 rings (SSSR count). The lowest BCUT2D eigenvalue weighted by Gasteiger charge is -2.32. The molecule has 1 saturated heterocycles. The van der Waals surface area contributed by atoms with E-state index < -0.39 is 0 Å². The van der Waals surface area contributed by atoms with Gasteiger partial charge in [0, 0.05) is 0 Å². The van der Waals surface area contributed by atoms with Gasteiger partial charge in [0.25, 0.3) is 0 Å². The van der Waals surface area contributed by atoms with Gasteiger partial charge in [-0.1, -0.05) is 17.7 Å². The number of benzene rings is 1. The monoisotopic (exact) mass is 322 g/mol. The predicted octanol–water partition coefficient (Wildman–Crippen LogP) is 3.96. The highest BCUT2D eigenvalue weighted by molar-refractivity contribution is 6.62. The van der Waals surface area contributed by atoms with Gasteiger partial charge in [-0.05, 0) is 71.0 Å². The first kappa shape index (κ1) is 16.2. The van der Waals surface area contributed by atoms with E-state index in [2.05, 4.69) is 27.7 Å². The van der Waals surface area contributed by atoms with Crippen molar-refractivity contribution in [2.24, 2.45) is 0 Å². The van der Waals surface area contributed by atoms with Crippen molar-refractivity contribution >= 4 is 24.2 Å². The maximum absolute atomic E-state index is 6.29. The maximum atomic E-state index is 6.29. The van der Waals surface area contributed by atoms with Crippen molar-refractivity contribution in [3.05, 3.63) is 23.2 Å². The van der Waals surface area contributed by atoms with E-state index in [1.54, 1.807) is 0 Å². The van der Waals surface area contributed by atoms with E-state index in [1.165, 1.54) is 12.8 Å². The van der Waals surface area contributed by atoms with Crippen LogP contribution in [0.2, 0.25) is 5.02 Å². The Hall–Kier alpha value is -0.705. The molecule has 0 spiro atoms.